The zero-order chi connectivity index (χ0) is 13.1. The number of nitro groups is 1. The van der Waals surface area contributed by atoms with Crippen molar-refractivity contribution < 1.29 is 4.92 Å². The van der Waals surface area contributed by atoms with E-state index in [9.17, 15) is 10.1 Å². The molecule has 0 bridgehead atoms. The van der Waals surface area contributed by atoms with Crippen molar-refractivity contribution in [2.45, 2.75) is 27.4 Å². The zero-order valence-corrected chi connectivity index (χ0v) is 12.8. The SMILES string of the molecule is CCSc1nnc(Sc2cc(C)sc2[N+](=O)[O-])s1. The molecule has 0 aliphatic rings. The fraction of sp³-hybridized carbons (Fsp3) is 0.333. The molecule has 96 valence electrons. The van der Waals surface area contributed by atoms with Crippen LogP contribution in [-0.4, -0.2) is 20.9 Å². The maximum atomic E-state index is 10.9. The first-order valence-electron chi connectivity index (χ1n) is 4.99. The highest BCUT2D eigenvalue weighted by atomic mass is 32.2. The Morgan fingerprint density at radius 1 is 1.39 bits per heavy atom. The third-order valence-electron chi connectivity index (χ3n) is 1.82. The predicted octanol–water partition coefficient (Wildman–Crippen LogP) is 4.08. The molecule has 0 radical (unpaired) electrons. The molecule has 2 heterocycles. The summed E-state index contributed by atoms with van der Waals surface area (Å²) in [7, 11) is 0. The molecule has 0 spiro atoms. The topological polar surface area (TPSA) is 68.9 Å². The van der Waals surface area contributed by atoms with Gasteiger partial charge in [0.05, 0.1) is 4.92 Å². The summed E-state index contributed by atoms with van der Waals surface area (Å²) < 4.78 is 1.64. The number of hydrogen-bond donors (Lipinski definition) is 0. The smallest absolute Gasteiger partial charge is 0.258 e. The quantitative estimate of drug-likeness (QED) is 0.470. The Hall–Kier alpha value is -0.640. The zero-order valence-electron chi connectivity index (χ0n) is 9.58. The van der Waals surface area contributed by atoms with Gasteiger partial charge in [-0.1, -0.05) is 41.4 Å². The summed E-state index contributed by atoms with van der Waals surface area (Å²) in [6.07, 6.45) is 0. The van der Waals surface area contributed by atoms with Crippen molar-refractivity contribution in [3.8, 4) is 0 Å². The summed E-state index contributed by atoms with van der Waals surface area (Å²) in [4.78, 5) is 12.1. The lowest BCUT2D eigenvalue weighted by atomic mass is 10.5. The van der Waals surface area contributed by atoms with Gasteiger partial charge in [0.1, 0.15) is 4.90 Å². The van der Waals surface area contributed by atoms with Crippen molar-refractivity contribution in [1.29, 1.82) is 0 Å². The van der Waals surface area contributed by atoms with E-state index in [-0.39, 0.29) is 9.92 Å². The molecule has 2 aromatic heterocycles. The Labute approximate surface area is 120 Å². The Bertz CT molecular complexity index is 566. The molecule has 0 saturated heterocycles. The molecular formula is C9H9N3O2S4. The van der Waals surface area contributed by atoms with Crippen LogP contribution in [0, 0.1) is 17.0 Å². The number of aryl methyl sites for hydroxylation is 1. The molecule has 0 N–H and O–H groups in total. The fourth-order valence-electron chi connectivity index (χ4n) is 1.19. The van der Waals surface area contributed by atoms with Gasteiger partial charge < -0.3 is 0 Å². The molecule has 0 aromatic carbocycles. The summed E-state index contributed by atoms with van der Waals surface area (Å²) in [6.45, 7) is 3.91. The second-order valence-electron chi connectivity index (χ2n) is 3.15. The highest BCUT2D eigenvalue weighted by molar-refractivity contribution is 8.03. The van der Waals surface area contributed by atoms with E-state index >= 15 is 0 Å². The summed E-state index contributed by atoms with van der Waals surface area (Å²) in [5.74, 6) is 0.941. The van der Waals surface area contributed by atoms with Crippen LogP contribution >= 0.6 is 46.2 Å². The first kappa shape index (κ1) is 13.8. The van der Waals surface area contributed by atoms with Crippen LogP contribution in [0.15, 0.2) is 19.6 Å². The van der Waals surface area contributed by atoms with Crippen LogP contribution < -0.4 is 0 Å². The monoisotopic (exact) mass is 319 g/mol. The molecule has 18 heavy (non-hydrogen) atoms. The number of rotatable bonds is 5. The highest BCUT2D eigenvalue weighted by Gasteiger charge is 2.20. The van der Waals surface area contributed by atoms with E-state index in [1.54, 1.807) is 11.8 Å². The lowest BCUT2D eigenvalue weighted by molar-refractivity contribution is -0.382. The van der Waals surface area contributed by atoms with E-state index in [1.807, 2.05) is 19.9 Å². The van der Waals surface area contributed by atoms with Crippen molar-refractivity contribution >= 4 is 51.2 Å². The van der Waals surface area contributed by atoms with Gasteiger partial charge in [-0.05, 0) is 30.5 Å². The predicted molar refractivity (Wildman–Crippen MR) is 76.1 cm³/mol. The number of aromatic nitrogens is 2. The molecule has 0 atom stereocenters. The van der Waals surface area contributed by atoms with Crippen LogP contribution in [0.3, 0.4) is 0 Å². The maximum Gasteiger partial charge on any atom is 0.338 e. The van der Waals surface area contributed by atoms with E-state index in [0.717, 1.165) is 19.3 Å². The van der Waals surface area contributed by atoms with Gasteiger partial charge in [0.25, 0.3) is 0 Å². The average Bonchev–Trinajstić information content (AvgIpc) is 2.87. The lowest BCUT2D eigenvalue weighted by Gasteiger charge is -1.91. The van der Waals surface area contributed by atoms with Gasteiger partial charge in [-0.2, -0.15) is 0 Å². The van der Waals surface area contributed by atoms with Crippen molar-refractivity contribution in [3.05, 3.63) is 21.1 Å². The van der Waals surface area contributed by atoms with Gasteiger partial charge in [-0.3, -0.25) is 10.1 Å². The van der Waals surface area contributed by atoms with Crippen molar-refractivity contribution in [2.75, 3.05) is 5.75 Å². The number of thiophene rings is 1. The minimum absolute atomic E-state index is 0.178. The van der Waals surface area contributed by atoms with Crippen molar-refractivity contribution in [2.24, 2.45) is 0 Å². The third-order valence-corrected chi connectivity index (χ3v) is 5.97. The summed E-state index contributed by atoms with van der Waals surface area (Å²) in [6, 6.07) is 1.82. The Kier molecular flexibility index (Phi) is 4.60. The fourth-order valence-corrected chi connectivity index (χ4v) is 5.22. The molecule has 2 aromatic rings. The Morgan fingerprint density at radius 3 is 2.78 bits per heavy atom. The van der Waals surface area contributed by atoms with E-state index < -0.39 is 0 Å². The Balaban J connectivity index is 2.19. The average molecular weight is 319 g/mol. The van der Waals surface area contributed by atoms with Crippen LogP contribution in [0.1, 0.15) is 11.8 Å². The normalized spacial score (nSPS) is 10.8. The van der Waals surface area contributed by atoms with Crippen molar-refractivity contribution in [1.82, 2.24) is 10.2 Å². The first-order valence-corrected chi connectivity index (χ1v) is 8.42. The highest BCUT2D eigenvalue weighted by Crippen LogP contribution is 2.42. The molecule has 0 unspecified atom stereocenters. The second kappa shape index (κ2) is 6.00. The molecule has 2 rings (SSSR count). The maximum absolute atomic E-state index is 10.9. The molecule has 0 saturated carbocycles. The van der Waals surface area contributed by atoms with Crippen LogP contribution in [0.2, 0.25) is 0 Å². The molecule has 9 heteroatoms. The minimum atomic E-state index is -0.345. The van der Waals surface area contributed by atoms with Gasteiger partial charge in [-0.25, -0.2) is 0 Å². The standard InChI is InChI=1S/C9H9N3O2S4/c1-3-15-8-10-11-9(18-8)17-6-4-5(2)16-7(6)12(13)14/h4H,3H2,1-2H3. The van der Waals surface area contributed by atoms with Gasteiger partial charge in [0.2, 0.25) is 0 Å². The van der Waals surface area contributed by atoms with Gasteiger partial charge >= 0.3 is 5.00 Å². The van der Waals surface area contributed by atoms with Gasteiger partial charge in [0.15, 0.2) is 8.68 Å². The summed E-state index contributed by atoms with van der Waals surface area (Å²) >= 11 is 5.59. The first-order chi connectivity index (χ1) is 8.60. The molecule has 0 aliphatic carbocycles. The third kappa shape index (κ3) is 3.22. The van der Waals surface area contributed by atoms with E-state index in [0.29, 0.717) is 4.90 Å². The van der Waals surface area contributed by atoms with Gasteiger partial charge in [0, 0.05) is 4.88 Å². The second-order valence-corrected chi connectivity index (χ2v) is 8.17. The van der Waals surface area contributed by atoms with E-state index in [1.165, 1.54) is 34.4 Å². The summed E-state index contributed by atoms with van der Waals surface area (Å²) in [5, 5.41) is 19.1. The number of hydrogen-bond acceptors (Lipinski definition) is 8. The van der Waals surface area contributed by atoms with Crippen molar-refractivity contribution in [3.63, 3.8) is 0 Å². The minimum Gasteiger partial charge on any atom is -0.258 e. The number of nitrogens with zero attached hydrogens (tertiary/aromatic N) is 3. The summed E-state index contributed by atoms with van der Waals surface area (Å²) in [5.41, 5.74) is 0. The molecule has 0 aliphatic heterocycles. The van der Waals surface area contributed by atoms with Crippen LogP contribution in [0.5, 0.6) is 0 Å². The van der Waals surface area contributed by atoms with E-state index in [4.69, 9.17) is 0 Å². The van der Waals surface area contributed by atoms with Crippen LogP contribution in [0.25, 0.3) is 0 Å². The molecule has 0 amide bonds. The van der Waals surface area contributed by atoms with Crippen LogP contribution in [0.4, 0.5) is 5.00 Å². The van der Waals surface area contributed by atoms with E-state index in [2.05, 4.69) is 10.2 Å². The Morgan fingerprint density at radius 2 is 2.11 bits per heavy atom. The molecular weight excluding hydrogens is 310 g/mol. The lowest BCUT2D eigenvalue weighted by Crippen LogP contribution is -1.84. The van der Waals surface area contributed by atoms with Gasteiger partial charge in [-0.15, -0.1) is 10.2 Å². The molecule has 0 fully saturated rings. The molecule has 5 nitrogen and oxygen atoms in total. The largest absolute Gasteiger partial charge is 0.338 e. The van der Waals surface area contributed by atoms with Crippen LogP contribution in [-0.2, 0) is 0 Å². The number of thioether (sulfide) groups is 1.